The van der Waals surface area contributed by atoms with Crippen LogP contribution in [0.5, 0.6) is 0 Å². The van der Waals surface area contributed by atoms with Crippen LogP contribution in [-0.2, 0) is 29.9 Å². The minimum Gasteiger partial charge on any atom is -0.750 e. The third-order valence-electron chi connectivity index (χ3n) is 4.31. The Kier molecular flexibility index (Phi) is 4.80. The molecule has 21 heavy (non-hydrogen) atoms. The van der Waals surface area contributed by atoms with Crippen LogP contribution in [0.15, 0.2) is 12.7 Å². The molecular weight excluding hydrogens is 298 g/mol. The lowest BCUT2D eigenvalue weighted by Crippen LogP contribution is -2.45. The van der Waals surface area contributed by atoms with E-state index in [1.54, 1.807) is 0 Å². The maximum absolute atomic E-state index is 11.8. The van der Waals surface area contributed by atoms with Gasteiger partial charge >= 0.3 is 5.97 Å². The van der Waals surface area contributed by atoms with E-state index in [9.17, 15) is 18.4 Å². The third kappa shape index (κ3) is 3.50. The highest BCUT2D eigenvalue weighted by Crippen LogP contribution is 2.56. The van der Waals surface area contributed by atoms with E-state index in [0.717, 1.165) is 25.3 Å². The number of nitrogens with one attached hydrogen (secondary N) is 1. The van der Waals surface area contributed by atoms with Gasteiger partial charge in [0.25, 0.3) is 0 Å². The molecule has 5 unspecified atom stereocenters. The largest absolute Gasteiger partial charge is 0.750 e. The van der Waals surface area contributed by atoms with Gasteiger partial charge in [-0.3, -0.25) is 13.8 Å². The normalized spacial score (nSPS) is 35.2. The quantitative estimate of drug-likeness (QED) is 0.426. The second kappa shape index (κ2) is 6.25. The number of hydrogen-bond donors (Lipinski definition) is 1. The predicted molar refractivity (Wildman–Crippen MR) is 72.3 cm³/mol. The molecule has 5 atom stereocenters. The number of amides is 1. The lowest BCUT2D eigenvalue weighted by atomic mass is 9.82. The minimum atomic E-state index is -2.65. The average molecular weight is 316 g/mol. The zero-order chi connectivity index (χ0) is 15.6. The molecule has 2 aliphatic carbocycles. The highest BCUT2D eigenvalue weighted by atomic mass is 32.2. The van der Waals surface area contributed by atoms with Crippen LogP contribution in [-0.4, -0.2) is 39.4 Å². The van der Waals surface area contributed by atoms with E-state index in [1.807, 2.05) is 6.92 Å². The van der Waals surface area contributed by atoms with E-state index in [1.165, 1.54) is 0 Å². The summed E-state index contributed by atoms with van der Waals surface area (Å²) in [7, 11) is 0. The van der Waals surface area contributed by atoms with Crippen LogP contribution >= 0.6 is 0 Å². The Labute approximate surface area is 125 Å². The first-order valence-electron chi connectivity index (χ1n) is 6.72. The molecule has 0 aromatic heterocycles. The monoisotopic (exact) mass is 316 g/mol. The highest BCUT2D eigenvalue weighted by molar-refractivity contribution is 7.74. The minimum absolute atomic E-state index is 0.0773. The van der Waals surface area contributed by atoms with E-state index in [2.05, 4.69) is 11.9 Å². The van der Waals surface area contributed by atoms with Gasteiger partial charge in [0.2, 0.25) is 5.91 Å². The number of carbonyl (C=O) groups excluding carboxylic acids is 2. The van der Waals surface area contributed by atoms with Gasteiger partial charge in [0.15, 0.2) is 0 Å². The molecule has 2 bridgehead atoms. The lowest BCUT2D eigenvalue weighted by molar-refractivity contribution is -0.161. The summed E-state index contributed by atoms with van der Waals surface area (Å²) in [6.45, 7) is 4.96. The summed E-state index contributed by atoms with van der Waals surface area (Å²) in [4.78, 5) is 22.8. The van der Waals surface area contributed by atoms with Crippen molar-refractivity contribution in [1.82, 2.24) is 5.32 Å². The number of fused-ring (bicyclic) bond motifs is 2. The van der Waals surface area contributed by atoms with Crippen molar-refractivity contribution in [3.05, 3.63) is 12.7 Å². The van der Waals surface area contributed by atoms with E-state index >= 15 is 0 Å². The second-order valence-electron chi connectivity index (χ2n) is 5.75. The van der Waals surface area contributed by atoms with Crippen LogP contribution in [0.25, 0.3) is 0 Å². The molecule has 2 saturated carbocycles. The van der Waals surface area contributed by atoms with Gasteiger partial charge in [0.1, 0.15) is 18.8 Å². The van der Waals surface area contributed by atoms with Crippen molar-refractivity contribution >= 4 is 23.2 Å². The van der Waals surface area contributed by atoms with Crippen LogP contribution < -0.4 is 5.32 Å². The van der Waals surface area contributed by atoms with E-state index in [0.29, 0.717) is 0 Å². The molecule has 7 nitrogen and oxygen atoms in total. The molecule has 1 amide bonds. The van der Waals surface area contributed by atoms with Crippen LogP contribution in [0.2, 0.25) is 0 Å². The SMILES string of the molecule is C=CC(=O)NCC(=O)OC1C(OS(=O)[O-])C2CCC1(C)C2. The fraction of sp³-hybridized carbons (Fsp3) is 0.692. The van der Waals surface area contributed by atoms with Gasteiger partial charge in [-0.1, -0.05) is 13.5 Å². The summed E-state index contributed by atoms with van der Waals surface area (Å²) in [5.74, 6) is -1.01. The summed E-state index contributed by atoms with van der Waals surface area (Å²) in [5, 5.41) is 2.32. The Balaban J connectivity index is 1.98. The summed E-state index contributed by atoms with van der Waals surface area (Å²) < 4.78 is 31.9. The highest BCUT2D eigenvalue weighted by Gasteiger charge is 2.58. The topological polar surface area (TPSA) is 105 Å². The van der Waals surface area contributed by atoms with Gasteiger partial charge < -0.3 is 14.6 Å². The second-order valence-corrected chi connectivity index (χ2v) is 6.35. The average Bonchev–Trinajstić information content (AvgIpc) is 2.92. The molecule has 0 heterocycles. The van der Waals surface area contributed by atoms with Crippen molar-refractivity contribution in [3.8, 4) is 0 Å². The molecular formula is C13H18NO6S-. The lowest BCUT2D eigenvalue weighted by Gasteiger charge is -2.36. The van der Waals surface area contributed by atoms with Gasteiger partial charge in [-0.2, -0.15) is 0 Å². The van der Waals surface area contributed by atoms with Gasteiger partial charge in [0.05, 0.1) is 11.4 Å². The fourth-order valence-corrected chi connectivity index (χ4v) is 3.78. The van der Waals surface area contributed by atoms with E-state index in [4.69, 9.17) is 8.92 Å². The van der Waals surface area contributed by atoms with Crippen molar-refractivity contribution in [2.45, 2.75) is 38.4 Å². The summed E-state index contributed by atoms with van der Waals surface area (Å²) >= 11 is -2.65. The first-order chi connectivity index (χ1) is 9.85. The molecule has 1 N–H and O–H groups in total. The molecule has 2 aliphatic rings. The fourth-order valence-electron chi connectivity index (χ4n) is 3.34. The molecule has 0 aromatic carbocycles. The maximum atomic E-state index is 11.8. The Morgan fingerprint density at radius 3 is 2.90 bits per heavy atom. The van der Waals surface area contributed by atoms with E-state index < -0.39 is 35.4 Å². The first-order valence-corrected chi connectivity index (χ1v) is 7.72. The van der Waals surface area contributed by atoms with E-state index in [-0.39, 0.29) is 17.9 Å². The van der Waals surface area contributed by atoms with Crippen LogP contribution in [0.1, 0.15) is 26.2 Å². The molecule has 2 rings (SSSR count). The number of esters is 1. The van der Waals surface area contributed by atoms with Crippen molar-refractivity contribution in [1.29, 1.82) is 0 Å². The summed E-state index contributed by atoms with van der Waals surface area (Å²) in [6.07, 6.45) is 2.30. The van der Waals surface area contributed by atoms with Crippen molar-refractivity contribution in [2.75, 3.05) is 6.54 Å². The van der Waals surface area contributed by atoms with Crippen molar-refractivity contribution < 1.29 is 27.3 Å². The molecule has 0 radical (unpaired) electrons. The predicted octanol–water partition coefficient (Wildman–Crippen LogP) is 0.200. The smallest absolute Gasteiger partial charge is 0.325 e. The van der Waals surface area contributed by atoms with Gasteiger partial charge in [-0.15, -0.1) is 0 Å². The standard InChI is InChI=1S/C13H19NO6S/c1-3-9(15)14-7-10(16)19-12-11(20-21(17)18)8-4-5-13(12,2)6-8/h3,8,11-12H,1,4-7H2,2H3,(H,14,15)(H,17,18)/p-1. The zero-order valence-electron chi connectivity index (χ0n) is 11.7. The molecule has 8 heteroatoms. The van der Waals surface area contributed by atoms with Crippen LogP contribution in [0, 0.1) is 11.3 Å². The maximum Gasteiger partial charge on any atom is 0.325 e. The summed E-state index contributed by atoms with van der Waals surface area (Å²) in [5.41, 5.74) is -0.271. The number of ether oxygens (including phenoxy) is 1. The van der Waals surface area contributed by atoms with Gasteiger partial charge in [-0.05, 0) is 31.3 Å². The number of carbonyl (C=O) groups is 2. The number of rotatable bonds is 6. The first kappa shape index (κ1) is 16.1. The van der Waals surface area contributed by atoms with Crippen LogP contribution in [0.4, 0.5) is 0 Å². The molecule has 0 spiro atoms. The van der Waals surface area contributed by atoms with Crippen molar-refractivity contribution in [2.24, 2.45) is 11.3 Å². The van der Waals surface area contributed by atoms with Gasteiger partial charge in [0, 0.05) is 5.41 Å². The van der Waals surface area contributed by atoms with Crippen molar-refractivity contribution in [3.63, 3.8) is 0 Å². The summed E-state index contributed by atoms with van der Waals surface area (Å²) in [6, 6.07) is 0. The van der Waals surface area contributed by atoms with Gasteiger partial charge in [-0.25, -0.2) is 4.21 Å². The number of hydrogen-bond acceptors (Lipinski definition) is 6. The third-order valence-corrected chi connectivity index (χ3v) is 4.68. The Morgan fingerprint density at radius 1 is 1.57 bits per heavy atom. The molecule has 0 saturated heterocycles. The Morgan fingerprint density at radius 2 is 2.29 bits per heavy atom. The molecule has 0 aromatic rings. The zero-order valence-corrected chi connectivity index (χ0v) is 12.5. The molecule has 118 valence electrons. The Bertz CT molecular complexity index is 481. The van der Waals surface area contributed by atoms with Crippen LogP contribution in [0.3, 0.4) is 0 Å². The molecule has 0 aliphatic heterocycles. The Hall–Kier alpha value is -1.25. The molecule has 2 fully saturated rings.